The van der Waals surface area contributed by atoms with Gasteiger partial charge in [0.15, 0.2) is 0 Å². The average molecular weight is 369 g/mol. The number of hydrogen-bond donors (Lipinski definition) is 0. The molecule has 2 aromatic carbocycles. The minimum absolute atomic E-state index is 0.267. The van der Waals surface area contributed by atoms with Crippen LogP contribution in [0.5, 0.6) is 0 Å². The lowest BCUT2D eigenvalue weighted by Gasteiger charge is -2.10. The van der Waals surface area contributed by atoms with Crippen LogP contribution in [0.3, 0.4) is 0 Å². The summed E-state index contributed by atoms with van der Waals surface area (Å²) in [5, 5.41) is 4.39. The van der Waals surface area contributed by atoms with Gasteiger partial charge in [0.2, 0.25) is 0 Å². The van der Waals surface area contributed by atoms with Crippen LogP contribution in [0.2, 0.25) is 5.02 Å². The molecule has 0 fully saturated rings. The SMILES string of the molecule is CCOC(=O)c1ccc(-c2c(Cl)cnn(Cc3ccccc3)c2=O)cc1. The van der Waals surface area contributed by atoms with E-state index in [9.17, 15) is 9.59 Å². The van der Waals surface area contributed by atoms with Gasteiger partial charge in [-0.1, -0.05) is 54.1 Å². The number of esters is 1. The van der Waals surface area contributed by atoms with Crippen LogP contribution in [0.25, 0.3) is 11.1 Å². The second kappa shape index (κ2) is 7.97. The fourth-order valence-electron chi connectivity index (χ4n) is 2.59. The molecule has 0 aliphatic carbocycles. The Bertz CT molecular complexity index is 967. The lowest BCUT2D eigenvalue weighted by Crippen LogP contribution is -2.25. The minimum atomic E-state index is -0.402. The van der Waals surface area contributed by atoms with Crippen molar-refractivity contribution in [1.82, 2.24) is 9.78 Å². The summed E-state index contributed by atoms with van der Waals surface area (Å²) in [6.45, 7) is 2.41. The van der Waals surface area contributed by atoms with E-state index >= 15 is 0 Å². The van der Waals surface area contributed by atoms with Gasteiger partial charge in [-0.2, -0.15) is 5.10 Å². The molecule has 0 amide bonds. The third-order valence-corrected chi connectivity index (χ3v) is 4.14. The molecule has 6 heteroatoms. The lowest BCUT2D eigenvalue weighted by atomic mass is 10.1. The zero-order valence-corrected chi connectivity index (χ0v) is 14.9. The molecule has 3 aromatic rings. The van der Waals surface area contributed by atoms with Gasteiger partial charge >= 0.3 is 5.97 Å². The van der Waals surface area contributed by atoms with Crippen LogP contribution in [0, 0.1) is 0 Å². The third kappa shape index (κ3) is 3.83. The maximum absolute atomic E-state index is 12.8. The second-order valence-electron chi connectivity index (χ2n) is 5.61. The maximum atomic E-state index is 12.8. The van der Waals surface area contributed by atoms with Gasteiger partial charge < -0.3 is 4.74 Å². The lowest BCUT2D eigenvalue weighted by molar-refractivity contribution is 0.0526. The highest BCUT2D eigenvalue weighted by Crippen LogP contribution is 2.24. The molecule has 0 aliphatic rings. The molecule has 26 heavy (non-hydrogen) atoms. The van der Waals surface area contributed by atoms with Crippen LogP contribution >= 0.6 is 11.6 Å². The van der Waals surface area contributed by atoms with Crippen molar-refractivity contribution in [2.45, 2.75) is 13.5 Å². The van der Waals surface area contributed by atoms with Crippen molar-refractivity contribution in [3.05, 3.63) is 87.3 Å². The van der Waals surface area contributed by atoms with Crippen molar-refractivity contribution in [2.75, 3.05) is 6.61 Å². The molecule has 0 unspecified atom stereocenters. The summed E-state index contributed by atoms with van der Waals surface area (Å²) in [5.74, 6) is -0.402. The molecule has 3 rings (SSSR count). The highest BCUT2D eigenvalue weighted by atomic mass is 35.5. The standard InChI is InChI=1S/C20H17ClN2O3/c1-2-26-20(25)16-10-8-15(9-11-16)18-17(21)12-22-23(19(18)24)13-14-6-4-3-5-7-14/h3-12H,2,13H2,1H3. The number of carbonyl (C=O) groups is 1. The predicted octanol–water partition coefficient (Wildman–Crippen LogP) is 3.79. The summed E-state index contributed by atoms with van der Waals surface area (Å²) in [7, 11) is 0. The van der Waals surface area contributed by atoms with E-state index in [0.29, 0.717) is 29.8 Å². The van der Waals surface area contributed by atoms with E-state index in [4.69, 9.17) is 16.3 Å². The molecule has 5 nitrogen and oxygen atoms in total. The number of carbonyl (C=O) groups excluding carboxylic acids is 1. The number of rotatable bonds is 5. The predicted molar refractivity (Wildman–Crippen MR) is 100 cm³/mol. The molecule has 132 valence electrons. The van der Waals surface area contributed by atoms with E-state index in [2.05, 4.69) is 5.10 Å². The van der Waals surface area contributed by atoms with Gasteiger partial charge in [-0.25, -0.2) is 9.48 Å². The summed E-state index contributed by atoms with van der Waals surface area (Å²) in [6, 6.07) is 16.2. The summed E-state index contributed by atoms with van der Waals surface area (Å²) < 4.78 is 6.34. The fourth-order valence-corrected chi connectivity index (χ4v) is 2.82. The van der Waals surface area contributed by atoms with Gasteiger partial charge in [0.1, 0.15) is 0 Å². The second-order valence-corrected chi connectivity index (χ2v) is 6.02. The Kier molecular flexibility index (Phi) is 5.49. The Morgan fingerprint density at radius 3 is 2.46 bits per heavy atom. The first kappa shape index (κ1) is 17.9. The Hall–Kier alpha value is -2.92. The molecule has 0 spiro atoms. The van der Waals surface area contributed by atoms with Crippen molar-refractivity contribution in [1.29, 1.82) is 0 Å². The van der Waals surface area contributed by atoms with Crippen LogP contribution in [0.15, 0.2) is 65.6 Å². The molecule has 0 aliphatic heterocycles. The zero-order chi connectivity index (χ0) is 18.5. The summed E-state index contributed by atoms with van der Waals surface area (Å²) in [6.07, 6.45) is 1.46. The molecule has 0 radical (unpaired) electrons. The molecular formula is C20H17ClN2O3. The fraction of sp³-hybridized carbons (Fsp3) is 0.150. The van der Waals surface area contributed by atoms with Crippen molar-refractivity contribution in [3.8, 4) is 11.1 Å². The molecule has 1 aromatic heterocycles. The van der Waals surface area contributed by atoms with E-state index in [1.165, 1.54) is 10.9 Å². The van der Waals surface area contributed by atoms with Gasteiger partial charge in [-0.05, 0) is 30.2 Å². The highest BCUT2D eigenvalue weighted by molar-refractivity contribution is 6.33. The number of ether oxygens (including phenoxy) is 1. The largest absolute Gasteiger partial charge is 0.462 e. The van der Waals surface area contributed by atoms with Gasteiger partial charge in [0, 0.05) is 0 Å². The van der Waals surface area contributed by atoms with Crippen molar-refractivity contribution < 1.29 is 9.53 Å². The van der Waals surface area contributed by atoms with Gasteiger partial charge in [-0.15, -0.1) is 0 Å². The normalized spacial score (nSPS) is 10.5. The van der Waals surface area contributed by atoms with Crippen LogP contribution in [-0.4, -0.2) is 22.4 Å². The first-order chi connectivity index (χ1) is 12.6. The number of aromatic nitrogens is 2. The van der Waals surface area contributed by atoms with E-state index in [1.807, 2.05) is 30.3 Å². The average Bonchev–Trinajstić information content (AvgIpc) is 2.66. The van der Waals surface area contributed by atoms with E-state index in [1.54, 1.807) is 31.2 Å². The summed E-state index contributed by atoms with van der Waals surface area (Å²) >= 11 is 6.22. The molecule has 0 bridgehead atoms. The Labute approximate surface area is 155 Å². The topological polar surface area (TPSA) is 61.2 Å². The molecule has 0 saturated heterocycles. The highest BCUT2D eigenvalue weighted by Gasteiger charge is 2.14. The van der Waals surface area contributed by atoms with Crippen LogP contribution in [-0.2, 0) is 11.3 Å². The molecule has 1 heterocycles. The first-order valence-corrected chi connectivity index (χ1v) is 8.55. The van der Waals surface area contributed by atoms with Crippen LogP contribution in [0.4, 0.5) is 0 Å². The molecule has 0 atom stereocenters. The minimum Gasteiger partial charge on any atom is -0.462 e. The summed E-state index contributed by atoms with van der Waals surface area (Å²) in [5.41, 5.74) is 2.08. The first-order valence-electron chi connectivity index (χ1n) is 8.17. The van der Waals surface area contributed by atoms with E-state index < -0.39 is 5.97 Å². The van der Waals surface area contributed by atoms with Crippen molar-refractivity contribution in [2.24, 2.45) is 0 Å². The maximum Gasteiger partial charge on any atom is 0.338 e. The number of hydrogen-bond acceptors (Lipinski definition) is 4. The van der Waals surface area contributed by atoms with Crippen molar-refractivity contribution in [3.63, 3.8) is 0 Å². The number of benzene rings is 2. The Morgan fingerprint density at radius 1 is 1.12 bits per heavy atom. The third-order valence-electron chi connectivity index (χ3n) is 3.86. The smallest absolute Gasteiger partial charge is 0.338 e. The monoisotopic (exact) mass is 368 g/mol. The zero-order valence-electron chi connectivity index (χ0n) is 14.2. The Balaban J connectivity index is 1.96. The van der Waals surface area contributed by atoms with Crippen molar-refractivity contribution >= 4 is 17.6 Å². The van der Waals surface area contributed by atoms with Gasteiger partial charge in [0.25, 0.3) is 5.56 Å². The van der Waals surface area contributed by atoms with E-state index in [-0.39, 0.29) is 10.6 Å². The van der Waals surface area contributed by atoms with E-state index in [0.717, 1.165) is 5.56 Å². The van der Waals surface area contributed by atoms with Crippen LogP contribution < -0.4 is 5.56 Å². The molecular weight excluding hydrogens is 352 g/mol. The number of nitrogens with zero attached hydrogens (tertiary/aromatic N) is 2. The van der Waals surface area contributed by atoms with Crippen LogP contribution in [0.1, 0.15) is 22.8 Å². The Morgan fingerprint density at radius 2 is 1.81 bits per heavy atom. The molecule has 0 N–H and O–H groups in total. The summed E-state index contributed by atoms with van der Waals surface area (Å²) in [4.78, 5) is 24.6. The number of halogens is 1. The van der Waals surface area contributed by atoms with Gasteiger partial charge in [-0.3, -0.25) is 4.79 Å². The van der Waals surface area contributed by atoms with Gasteiger partial charge in [0.05, 0.1) is 35.5 Å². The molecule has 0 saturated carbocycles. The quantitative estimate of drug-likeness (QED) is 0.643.